The Bertz CT molecular complexity index is 916. The maximum atomic E-state index is 13.5. The number of anilines is 2. The molecule has 2 aromatic rings. The Kier molecular flexibility index (Phi) is 8.00. The van der Waals surface area contributed by atoms with Crippen molar-refractivity contribution in [3.8, 4) is 0 Å². The number of halogens is 1. The Morgan fingerprint density at radius 2 is 1.87 bits per heavy atom. The summed E-state index contributed by atoms with van der Waals surface area (Å²) in [6.07, 6.45) is 5.64. The molecule has 1 fully saturated rings. The normalized spacial score (nSPS) is 15.2. The molecule has 2 aliphatic rings. The molecule has 1 aromatic carbocycles. The molecule has 0 unspecified atom stereocenters. The lowest BCUT2D eigenvalue weighted by molar-refractivity contribution is 0.580. The number of rotatable bonds is 6. The van der Waals surface area contributed by atoms with E-state index in [0.29, 0.717) is 12.4 Å². The standard InChI is InChI=1S/C21H25FN6.C3H8/c1-14-17(9-16-3-4-18(22)10-20(14)16)11-24-15(2)27-19-12-25-21(26-13-19)28-7-5-23-6-8-28;1-3-2/h3-4,10,12-13,23-24,27H,2,5-9,11H2,1H3;3H2,1-2H3. The fraction of sp³-hybridized carbons (Fsp3) is 0.417. The topological polar surface area (TPSA) is 65.1 Å². The lowest BCUT2D eigenvalue weighted by Gasteiger charge is -2.27. The van der Waals surface area contributed by atoms with Crippen LogP contribution in [0.15, 0.2) is 48.6 Å². The van der Waals surface area contributed by atoms with Gasteiger partial charge in [-0.1, -0.05) is 32.9 Å². The number of hydrogen-bond acceptors (Lipinski definition) is 6. The third kappa shape index (κ3) is 6.04. The van der Waals surface area contributed by atoms with Gasteiger partial charge in [0, 0.05) is 32.7 Å². The van der Waals surface area contributed by atoms with E-state index in [2.05, 4.69) is 51.2 Å². The second kappa shape index (κ2) is 10.9. The number of aromatic nitrogens is 2. The van der Waals surface area contributed by atoms with Crippen LogP contribution in [0.2, 0.25) is 0 Å². The molecule has 0 saturated carbocycles. The summed E-state index contributed by atoms with van der Waals surface area (Å²) in [7, 11) is 0. The summed E-state index contributed by atoms with van der Waals surface area (Å²) in [5, 5.41) is 9.82. The van der Waals surface area contributed by atoms with Crippen LogP contribution in [-0.4, -0.2) is 42.7 Å². The van der Waals surface area contributed by atoms with Crippen LogP contribution >= 0.6 is 0 Å². The van der Waals surface area contributed by atoms with Crippen LogP contribution in [0.5, 0.6) is 0 Å². The molecule has 1 aliphatic heterocycles. The Morgan fingerprint density at radius 3 is 2.55 bits per heavy atom. The molecule has 0 radical (unpaired) electrons. The molecule has 3 N–H and O–H groups in total. The van der Waals surface area contributed by atoms with Gasteiger partial charge in [0.2, 0.25) is 5.95 Å². The fourth-order valence-corrected chi connectivity index (χ4v) is 3.65. The molecule has 2 heterocycles. The molecule has 1 aromatic heterocycles. The molecular weight excluding hydrogens is 391 g/mol. The van der Waals surface area contributed by atoms with Crippen molar-refractivity contribution in [1.29, 1.82) is 0 Å². The molecule has 4 rings (SSSR count). The SMILES string of the molecule is C=C(NCC1=C(C)c2cc(F)ccc2C1)Nc1cnc(N2CCNCC2)nc1.CCC. The van der Waals surface area contributed by atoms with Crippen LogP contribution < -0.4 is 20.9 Å². The zero-order valence-corrected chi connectivity index (χ0v) is 18.8. The Labute approximate surface area is 184 Å². The van der Waals surface area contributed by atoms with Gasteiger partial charge in [-0.05, 0) is 47.8 Å². The van der Waals surface area contributed by atoms with Gasteiger partial charge in [-0.2, -0.15) is 0 Å². The van der Waals surface area contributed by atoms with Crippen molar-refractivity contribution in [2.45, 2.75) is 33.6 Å². The third-order valence-electron chi connectivity index (χ3n) is 5.26. The first-order chi connectivity index (χ1) is 15.0. The first kappa shape index (κ1) is 22.7. The number of piperazine rings is 1. The summed E-state index contributed by atoms with van der Waals surface area (Å²) in [5.74, 6) is 1.24. The van der Waals surface area contributed by atoms with Gasteiger partial charge in [0.25, 0.3) is 0 Å². The highest BCUT2D eigenvalue weighted by Crippen LogP contribution is 2.32. The van der Waals surface area contributed by atoms with Crippen LogP contribution in [0.4, 0.5) is 16.0 Å². The van der Waals surface area contributed by atoms with Crippen molar-refractivity contribution in [3.63, 3.8) is 0 Å². The Morgan fingerprint density at radius 1 is 1.19 bits per heavy atom. The van der Waals surface area contributed by atoms with E-state index in [4.69, 9.17) is 0 Å². The van der Waals surface area contributed by atoms with E-state index in [1.165, 1.54) is 23.6 Å². The lowest BCUT2D eigenvalue weighted by Crippen LogP contribution is -2.44. The molecule has 0 amide bonds. The molecule has 0 spiro atoms. The van der Waals surface area contributed by atoms with Gasteiger partial charge in [-0.15, -0.1) is 0 Å². The molecule has 1 aliphatic carbocycles. The van der Waals surface area contributed by atoms with E-state index in [0.717, 1.165) is 55.4 Å². The molecule has 7 heteroatoms. The second-order valence-corrected chi connectivity index (χ2v) is 7.88. The van der Waals surface area contributed by atoms with Gasteiger partial charge in [0.05, 0.1) is 23.9 Å². The quantitative estimate of drug-likeness (QED) is 0.653. The van der Waals surface area contributed by atoms with E-state index in [1.54, 1.807) is 18.5 Å². The number of nitrogens with one attached hydrogen (secondary N) is 3. The predicted molar refractivity (Wildman–Crippen MR) is 127 cm³/mol. The molecule has 6 nitrogen and oxygen atoms in total. The second-order valence-electron chi connectivity index (χ2n) is 7.88. The average Bonchev–Trinajstić information content (AvgIpc) is 3.09. The molecule has 0 bridgehead atoms. The minimum absolute atomic E-state index is 0.192. The van der Waals surface area contributed by atoms with Crippen molar-refractivity contribution in [2.24, 2.45) is 0 Å². The van der Waals surface area contributed by atoms with Crippen LogP contribution in [0.1, 0.15) is 38.3 Å². The van der Waals surface area contributed by atoms with Crippen molar-refractivity contribution in [3.05, 3.63) is 65.5 Å². The highest BCUT2D eigenvalue weighted by atomic mass is 19.1. The molecule has 166 valence electrons. The van der Waals surface area contributed by atoms with Gasteiger partial charge in [-0.25, -0.2) is 14.4 Å². The number of benzene rings is 1. The summed E-state index contributed by atoms with van der Waals surface area (Å²) >= 11 is 0. The van der Waals surface area contributed by atoms with Crippen molar-refractivity contribution >= 4 is 17.2 Å². The number of nitrogens with zero attached hydrogens (tertiary/aromatic N) is 3. The first-order valence-electron chi connectivity index (χ1n) is 11.0. The summed E-state index contributed by atoms with van der Waals surface area (Å²) < 4.78 is 13.5. The van der Waals surface area contributed by atoms with E-state index < -0.39 is 0 Å². The largest absolute Gasteiger partial charge is 0.368 e. The van der Waals surface area contributed by atoms with E-state index in [1.807, 2.05) is 13.0 Å². The Balaban J connectivity index is 0.000000858. The van der Waals surface area contributed by atoms with E-state index in [9.17, 15) is 4.39 Å². The zero-order valence-electron chi connectivity index (χ0n) is 18.8. The highest BCUT2D eigenvalue weighted by molar-refractivity contribution is 5.75. The maximum Gasteiger partial charge on any atom is 0.225 e. The van der Waals surface area contributed by atoms with Crippen molar-refractivity contribution < 1.29 is 4.39 Å². The monoisotopic (exact) mass is 424 g/mol. The summed E-state index contributed by atoms with van der Waals surface area (Å²) in [5.41, 5.74) is 5.35. The van der Waals surface area contributed by atoms with Crippen LogP contribution in [0.25, 0.3) is 5.57 Å². The highest BCUT2D eigenvalue weighted by Gasteiger charge is 2.19. The maximum absolute atomic E-state index is 13.5. The molecule has 31 heavy (non-hydrogen) atoms. The third-order valence-corrected chi connectivity index (χ3v) is 5.26. The van der Waals surface area contributed by atoms with Crippen LogP contribution in [-0.2, 0) is 6.42 Å². The van der Waals surface area contributed by atoms with Crippen molar-refractivity contribution in [2.75, 3.05) is 42.9 Å². The first-order valence-corrected chi connectivity index (χ1v) is 11.0. The van der Waals surface area contributed by atoms with Gasteiger partial charge in [0.15, 0.2) is 0 Å². The van der Waals surface area contributed by atoms with Gasteiger partial charge in [0.1, 0.15) is 5.82 Å². The average molecular weight is 425 g/mol. The van der Waals surface area contributed by atoms with Gasteiger partial charge in [-0.3, -0.25) is 0 Å². The van der Waals surface area contributed by atoms with Crippen LogP contribution in [0.3, 0.4) is 0 Å². The predicted octanol–water partition coefficient (Wildman–Crippen LogP) is 3.94. The van der Waals surface area contributed by atoms with Gasteiger partial charge < -0.3 is 20.9 Å². The minimum atomic E-state index is -0.192. The van der Waals surface area contributed by atoms with E-state index >= 15 is 0 Å². The summed E-state index contributed by atoms with van der Waals surface area (Å²) in [6.45, 7) is 14.7. The lowest BCUT2D eigenvalue weighted by atomic mass is 10.1. The van der Waals surface area contributed by atoms with Crippen molar-refractivity contribution in [1.82, 2.24) is 20.6 Å². The zero-order chi connectivity index (χ0) is 22.2. The van der Waals surface area contributed by atoms with Crippen LogP contribution in [0, 0.1) is 5.82 Å². The summed E-state index contributed by atoms with van der Waals surface area (Å²) in [4.78, 5) is 11.1. The molecule has 1 saturated heterocycles. The van der Waals surface area contributed by atoms with E-state index in [-0.39, 0.29) is 5.82 Å². The molecular formula is C24H33FN6. The fourth-order valence-electron chi connectivity index (χ4n) is 3.65. The number of hydrogen-bond donors (Lipinski definition) is 3. The van der Waals surface area contributed by atoms with Gasteiger partial charge >= 0.3 is 0 Å². The molecule has 0 atom stereocenters. The smallest absolute Gasteiger partial charge is 0.225 e. The number of allylic oxidation sites excluding steroid dienone is 1. The minimum Gasteiger partial charge on any atom is -0.368 e. The Hall–Kier alpha value is -2.93. The summed E-state index contributed by atoms with van der Waals surface area (Å²) in [6, 6.07) is 5.00. The number of fused-ring (bicyclic) bond motifs is 1.